The summed E-state index contributed by atoms with van der Waals surface area (Å²) < 4.78 is 0. The van der Waals surface area contributed by atoms with Crippen LogP contribution in [0.3, 0.4) is 0 Å². The average Bonchev–Trinajstić information content (AvgIpc) is 2.97. The number of rotatable bonds is 3. The van der Waals surface area contributed by atoms with E-state index < -0.39 is 0 Å². The van der Waals surface area contributed by atoms with Crippen LogP contribution in [0, 0.1) is 0 Å². The highest BCUT2D eigenvalue weighted by Crippen LogP contribution is 2.28. The number of benzene rings is 2. The minimum absolute atomic E-state index is 0.194. The van der Waals surface area contributed by atoms with E-state index in [1.807, 2.05) is 30.3 Å². The Morgan fingerprint density at radius 3 is 2.48 bits per heavy atom. The summed E-state index contributed by atoms with van der Waals surface area (Å²) in [5.74, 6) is -0.194. The van der Waals surface area contributed by atoms with E-state index in [-0.39, 0.29) is 5.91 Å². The smallest absolute Gasteiger partial charge is 0.257 e. The lowest BCUT2D eigenvalue weighted by molar-refractivity contribution is 0.102. The summed E-state index contributed by atoms with van der Waals surface area (Å²) in [6.07, 6.45) is 1.76. The first-order chi connectivity index (χ1) is 10.2. The fourth-order valence-electron chi connectivity index (χ4n) is 1.84. The summed E-state index contributed by atoms with van der Waals surface area (Å²) in [5.41, 5.74) is 1.64. The number of carbonyl (C=O) groups excluding carboxylic acids is 1. The highest BCUT2D eigenvalue weighted by atomic mass is 35.5. The van der Waals surface area contributed by atoms with Gasteiger partial charge in [-0.1, -0.05) is 53.3 Å². The van der Waals surface area contributed by atoms with Crippen molar-refractivity contribution in [2.45, 2.75) is 0 Å². The molecule has 0 bridgehead atoms. The Bertz CT molecular complexity index is 753. The minimum atomic E-state index is -0.194. The molecule has 104 valence electrons. The van der Waals surface area contributed by atoms with Crippen LogP contribution in [0.15, 0.2) is 60.8 Å². The summed E-state index contributed by atoms with van der Waals surface area (Å²) in [4.78, 5) is 17.3. The van der Waals surface area contributed by atoms with Gasteiger partial charge in [-0.05, 0) is 29.8 Å². The van der Waals surface area contributed by atoms with Crippen molar-refractivity contribution in [3.05, 3.63) is 71.4 Å². The first kappa shape index (κ1) is 13.8. The minimum Gasteiger partial charge on any atom is -0.298 e. The molecule has 1 amide bonds. The molecule has 0 aliphatic carbocycles. The van der Waals surface area contributed by atoms with Gasteiger partial charge in [0.25, 0.3) is 5.91 Å². The molecular weight excluding hydrogens is 304 g/mol. The SMILES string of the molecule is O=C(Nc1ncc(-c2ccccc2)s1)c1ccc(Cl)cc1. The van der Waals surface area contributed by atoms with E-state index in [1.54, 1.807) is 30.5 Å². The summed E-state index contributed by atoms with van der Waals surface area (Å²) in [6.45, 7) is 0. The predicted octanol–water partition coefficient (Wildman–Crippen LogP) is 4.72. The zero-order valence-corrected chi connectivity index (χ0v) is 12.5. The number of halogens is 1. The van der Waals surface area contributed by atoms with E-state index in [9.17, 15) is 4.79 Å². The fourth-order valence-corrected chi connectivity index (χ4v) is 2.78. The molecule has 3 aromatic rings. The quantitative estimate of drug-likeness (QED) is 0.760. The third-order valence-electron chi connectivity index (χ3n) is 2.89. The van der Waals surface area contributed by atoms with Crippen LogP contribution in [0.1, 0.15) is 10.4 Å². The second-order valence-corrected chi connectivity index (χ2v) is 5.82. The van der Waals surface area contributed by atoms with Crippen molar-refractivity contribution in [2.24, 2.45) is 0 Å². The lowest BCUT2D eigenvalue weighted by atomic mass is 10.2. The number of anilines is 1. The number of hydrogen-bond donors (Lipinski definition) is 1. The van der Waals surface area contributed by atoms with E-state index >= 15 is 0 Å². The third kappa shape index (κ3) is 3.29. The number of aromatic nitrogens is 1. The van der Waals surface area contributed by atoms with E-state index in [4.69, 9.17) is 11.6 Å². The number of thiazole rings is 1. The summed E-state index contributed by atoms with van der Waals surface area (Å²) in [6, 6.07) is 16.7. The van der Waals surface area contributed by atoms with Gasteiger partial charge in [0.15, 0.2) is 5.13 Å². The zero-order chi connectivity index (χ0) is 14.7. The summed E-state index contributed by atoms with van der Waals surface area (Å²) in [5, 5.41) is 3.97. The van der Waals surface area contributed by atoms with Crippen molar-refractivity contribution in [3.63, 3.8) is 0 Å². The van der Waals surface area contributed by atoms with Crippen molar-refractivity contribution in [3.8, 4) is 10.4 Å². The summed E-state index contributed by atoms with van der Waals surface area (Å²) in [7, 11) is 0. The number of carbonyl (C=O) groups is 1. The second-order valence-electron chi connectivity index (χ2n) is 4.36. The van der Waals surface area contributed by atoms with Gasteiger partial charge < -0.3 is 0 Å². The van der Waals surface area contributed by atoms with Gasteiger partial charge in [0, 0.05) is 16.8 Å². The topological polar surface area (TPSA) is 42.0 Å². The van der Waals surface area contributed by atoms with Gasteiger partial charge in [0.05, 0.1) is 4.88 Å². The molecule has 0 radical (unpaired) electrons. The van der Waals surface area contributed by atoms with Crippen LogP contribution >= 0.6 is 22.9 Å². The standard InChI is InChI=1S/C16H11ClN2OS/c17-13-8-6-12(7-9-13)15(20)19-16-18-10-14(21-16)11-4-2-1-3-5-11/h1-10H,(H,18,19,20). The number of nitrogens with one attached hydrogen (secondary N) is 1. The van der Waals surface area contributed by atoms with Gasteiger partial charge in [0.1, 0.15) is 0 Å². The van der Waals surface area contributed by atoms with Gasteiger partial charge in [-0.2, -0.15) is 0 Å². The monoisotopic (exact) mass is 314 g/mol. The Morgan fingerprint density at radius 2 is 1.76 bits per heavy atom. The normalized spacial score (nSPS) is 10.3. The Balaban J connectivity index is 1.75. The molecular formula is C16H11ClN2OS. The first-order valence-corrected chi connectivity index (χ1v) is 7.50. The van der Waals surface area contributed by atoms with Crippen LogP contribution in [0.5, 0.6) is 0 Å². The van der Waals surface area contributed by atoms with Crippen molar-refractivity contribution in [2.75, 3.05) is 5.32 Å². The number of hydrogen-bond acceptors (Lipinski definition) is 3. The predicted molar refractivity (Wildman–Crippen MR) is 87.0 cm³/mol. The lowest BCUT2D eigenvalue weighted by Crippen LogP contribution is -2.11. The molecule has 0 saturated carbocycles. The lowest BCUT2D eigenvalue weighted by Gasteiger charge is -2.01. The number of nitrogens with zero attached hydrogens (tertiary/aromatic N) is 1. The van der Waals surface area contributed by atoms with E-state index in [1.165, 1.54) is 11.3 Å². The third-order valence-corrected chi connectivity index (χ3v) is 4.10. The van der Waals surface area contributed by atoms with Crippen LogP contribution in [0.2, 0.25) is 5.02 Å². The van der Waals surface area contributed by atoms with E-state index in [2.05, 4.69) is 10.3 Å². The van der Waals surface area contributed by atoms with Crippen LogP contribution in [-0.2, 0) is 0 Å². The molecule has 0 atom stereocenters. The van der Waals surface area contributed by atoms with Gasteiger partial charge in [-0.15, -0.1) is 0 Å². The van der Waals surface area contributed by atoms with Crippen LogP contribution in [0.4, 0.5) is 5.13 Å². The Labute approximate surface area is 131 Å². The fraction of sp³-hybridized carbons (Fsp3) is 0. The van der Waals surface area contributed by atoms with Gasteiger partial charge in [-0.3, -0.25) is 10.1 Å². The Hall–Kier alpha value is -2.17. The molecule has 1 heterocycles. The summed E-state index contributed by atoms with van der Waals surface area (Å²) >= 11 is 7.25. The largest absolute Gasteiger partial charge is 0.298 e. The molecule has 0 unspecified atom stereocenters. The molecule has 3 nitrogen and oxygen atoms in total. The molecule has 1 N–H and O–H groups in total. The van der Waals surface area contributed by atoms with E-state index in [0.29, 0.717) is 15.7 Å². The van der Waals surface area contributed by atoms with Crippen LogP contribution in [-0.4, -0.2) is 10.9 Å². The number of amides is 1. The molecule has 3 rings (SSSR count). The van der Waals surface area contributed by atoms with Crippen molar-refractivity contribution in [1.82, 2.24) is 4.98 Å². The molecule has 0 aliphatic rings. The molecule has 0 spiro atoms. The highest BCUT2D eigenvalue weighted by Gasteiger charge is 2.09. The first-order valence-electron chi connectivity index (χ1n) is 6.30. The maximum Gasteiger partial charge on any atom is 0.257 e. The molecule has 0 saturated heterocycles. The van der Waals surface area contributed by atoms with Crippen LogP contribution < -0.4 is 5.32 Å². The van der Waals surface area contributed by atoms with Crippen molar-refractivity contribution in [1.29, 1.82) is 0 Å². The van der Waals surface area contributed by atoms with Crippen molar-refractivity contribution >= 4 is 34.0 Å². The highest BCUT2D eigenvalue weighted by molar-refractivity contribution is 7.19. The zero-order valence-electron chi connectivity index (χ0n) is 10.9. The van der Waals surface area contributed by atoms with Gasteiger partial charge in [-0.25, -0.2) is 4.98 Å². The molecule has 1 aromatic heterocycles. The maximum absolute atomic E-state index is 12.1. The van der Waals surface area contributed by atoms with Crippen molar-refractivity contribution < 1.29 is 4.79 Å². The second kappa shape index (κ2) is 6.08. The van der Waals surface area contributed by atoms with E-state index in [0.717, 1.165) is 10.4 Å². The van der Waals surface area contributed by atoms with Crippen LogP contribution in [0.25, 0.3) is 10.4 Å². The molecule has 2 aromatic carbocycles. The molecule has 21 heavy (non-hydrogen) atoms. The molecule has 0 fully saturated rings. The maximum atomic E-state index is 12.1. The Morgan fingerprint density at radius 1 is 1.05 bits per heavy atom. The average molecular weight is 315 g/mol. The molecule has 5 heteroatoms. The van der Waals surface area contributed by atoms with Gasteiger partial charge >= 0.3 is 0 Å². The molecule has 0 aliphatic heterocycles. The van der Waals surface area contributed by atoms with Gasteiger partial charge in [0.2, 0.25) is 0 Å². The Kier molecular flexibility index (Phi) is 3.99.